The van der Waals surface area contributed by atoms with Crippen molar-refractivity contribution in [1.29, 1.82) is 0 Å². The molecule has 1 heterocycles. The van der Waals surface area contributed by atoms with Crippen LogP contribution >= 0.6 is 11.6 Å². The molecule has 1 rings (SSSR count). The Hall–Kier alpha value is 0.160. The summed E-state index contributed by atoms with van der Waals surface area (Å²) in [7, 11) is -1.62. The van der Waals surface area contributed by atoms with Crippen molar-refractivity contribution in [3.8, 4) is 0 Å². The van der Waals surface area contributed by atoms with Gasteiger partial charge in [-0.3, -0.25) is 0 Å². The van der Waals surface area contributed by atoms with Gasteiger partial charge in [0.05, 0.1) is 0 Å². The van der Waals surface area contributed by atoms with Crippen LogP contribution in [0.25, 0.3) is 0 Å². The normalized spacial score (nSPS) is 22.9. The zero-order valence-electron chi connectivity index (χ0n) is 11.6. The summed E-state index contributed by atoms with van der Waals surface area (Å²) in [5.41, 5.74) is 0. The number of halogens is 1. The Morgan fingerprint density at radius 2 is 2.11 bits per heavy atom. The summed E-state index contributed by atoms with van der Waals surface area (Å²) >= 11 is 5.84. The predicted octanol–water partition coefficient (Wildman–Crippen LogP) is 2.16. The van der Waals surface area contributed by atoms with E-state index in [1.165, 1.54) is 4.31 Å². The van der Waals surface area contributed by atoms with E-state index in [0.29, 0.717) is 37.4 Å². The topological polar surface area (TPSA) is 40.6 Å². The largest absolute Gasteiger partial charge is 0.281 e. The molecular weight excluding hydrogens is 272 g/mol. The molecule has 0 N–H and O–H groups in total. The Morgan fingerprint density at radius 3 is 2.67 bits per heavy atom. The number of alkyl halides is 1. The first-order valence-electron chi connectivity index (χ1n) is 6.65. The molecular formula is C12H25ClN2O2S. The van der Waals surface area contributed by atoms with Crippen LogP contribution in [0.2, 0.25) is 0 Å². The van der Waals surface area contributed by atoms with Gasteiger partial charge in [0.25, 0.3) is 10.2 Å². The van der Waals surface area contributed by atoms with Crippen LogP contribution in [0, 0.1) is 11.8 Å². The molecule has 4 nitrogen and oxygen atoms in total. The van der Waals surface area contributed by atoms with E-state index in [9.17, 15) is 8.42 Å². The molecule has 6 heteroatoms. The molecule has 0 aromatic carbocycles. The summed E-state index contributed by atoms with van der Waals surface area (Å²) < 4.78 is 27.8. The lowest BCUT2D eigenvalue weighted by Gasteiger charge is -2.33. The molecule has 1 aliphatic rings. The highest BCUT2D eigenvalue weighted by Gasteiger charge is 2.31. The van der Waals surface area contributed by atoms with Crippen LogP contribution in [-0.2, 0) is 10.2 Å². The predicted molar refractivity (Wildman–Crippen MR) is 76.0 cm³/mol. The number of nitrogens with zero attached hydrogens (tertiary/aromatic N) is 2. The van der Waals surface area contributed by atoms with Crippen molar-refractivity contribution in [2.75, 3.05) is 32.6 Å². The molecule has 1 saturated heterocycles. The molecule has 0 amide bonds. The van der Waals surface area contributed by atoms with Gasteiger partial charge in [-0.15, -0.1) is 11.6 Å². The molecule has 0 aromatic heterocycles. The zero-order valence-corrected chi connectivity index (χ0v) is 13.2. The van der Waals surface area contributed by atoms with Crippen LogP contribution in [0.15, 0.2) is 0 Å². The fourth-order valence-electron chi connectivity index (χ4n) is 2.11. The van der Waals surface area contributed by atoms with Gasteiger partial charge in [-0.05, 0) is 31.1 Å². The molecule has 0 aliphatic carbocycles. The quantitative estimate of drug-likeness (QED) is 0.705. The second-order valence-electron chi connectivity index (χ2n) is 5.53. The first-order chi connectivity index (χ1) is 8.37. The monoisotopic (exact) mass is 296 g/mol. The minimum absolute atomic E-state index is 0.300. The highest BCUT2D eigenvalue weighted by molar-refractivity contribution is 7.86. The van der Waals surface area contributed by atoms with Crippen LogP contribution in [0.1, 0.15) is 33.1 Å². The summed E-state index contributed by atoms with van der Waals surface area (Å²) in [5, 5.41) is 0. The SMILES string of the molecule is CC(C)CCN(C)S(=O)(=O)N1CCCC(CCl)C1. The minimum Gasteiger partial charge on any atom is -0.195 e. The maximum atomic E-state index is 12.4. The second kappa shape index (κ2) is 7.08. The third-order valence-corrected chi connectivity index (χ3v) is 5.83. The minimum atomic E-state index is -3.29. The third-order valence-electron chi connectivity index (χ3n) is 3.44. The van der Waals surface area contributed by atoms with E-state index in [1.807, 2.05) is 0 Å². The lowest BCUT2D eigenvalue weighted by Crippen LogP contribution is -2.47. The third kappa shape index (κ3) is 4.37. The Labute approximate surface area is 116 Å². The molecule has 1 unspecified atom stereocenters. The van der Waals surface area contributed by atoms with E-state index < -0.39 is 10.2 Å². The average molecular weight is 297 g/mol. The van der Waals surface area contributed by atoms with Crippen LogP contribution in [0.5, 0.6) is 0 Å². The Bertz CT molecular complexity index is 346. The van der Waals surface area contributed by atoms with Crippen LogP contribution < -0.4 is 0 Å². The van der Waals surface area contributed by atoms with Gasteiger partial charge < -0.3 is 0 Å². The van der Waals surface area contributed by atoms with Crippen molar-refractivity contribution in [1.82, 2.24) is 8.61 Å². The number of hydrogen-bond acceptors (Lipinski definition) is 2. The zero-order chi connectivity index (χ0) is 13.8. The van der Waals surface area contributed by atoms with Crippen molar-refractivity contribution in [3.63, 3.8) is 0 Å². The Kier molecular flexibility index (Phi) is 6.38. The van der Waals surface area contributed by atoms with E-state index >= 15 is 0 Å². The molecule has 1 aliphatic heterocycles. The van der Waals surface area contributed by atoms with Gasteiger partial charge in [0.2, 0.25) is 0 Å². The molecule has 108 valence electrons. The lowest BCUT2D eigenvalue weighted by atomic mass is 10.0. The Balaban J connectivity index is 2.61. The van der Waals surface area contributed by atoms with E-state index in [-0.39, 0.29) is 0 Å². The summed E-state index contributed by atoms with van der Waals surface area (Å²) in [4.78, 5) is 0. The number of piperidine rings is 1. The Morgan fingerprint density at radius 1 is 1.44 bits per heavy atom. The van der Waals surface area contributed by atoms with Gasteiger partial charge in [0, 0.05) is 32.6 Å². The van der Waals surface area contributed by atoms with Crippen molar-refractivity contribution in [3.05, 3.63) is 0 Å². The maximum Gasteiger partial charge on any atom is 0.281 e. The van der Waals surface area contributed by atoms with Crippen molar-refractivity contribution in [2.45, 2.75) is 33.1 Å². The summed E-state index contributed by atoms with van der Waals surface area (Å²) in [6.07, 6.45) is 2.84. The molecule has 1 fully saturated rings. The van der Waals surface area contributed by atoms with Gasteiger partial charge >= 0.3 is 0 Å². The molecule has 0 aromatic rings. The standard InChI is InChI=1S/C12H25ClN2O2S/c1-11(2)6-8-14(3)18(16,17)15-7-4-5-12(9-13)10-15/h11-12H,4-10H2,1-3H3. The van der Waals surface area contributed by atoms with Gasteiger partial charge in [-0.2, -0.15) is 17.0 Å². The fraction of sp³-hybridized carbons (Fsp3) is 1.00. The summed E-state index contributed by atoms with van der Waals surface area (Å²) in [5.74, 6) is 1.36. The smallest absolute Gasteiger partial charge is 0.195 e. The van der Waals surface area contributed by atoms with Gasteiger partial charge in [-0.25, -0.2) is 0 Å². The first-order valence-corrected chi connectivity index (χ1v) is 8.58. The fourth-order valence-corrected chi connectivity index (χ4v) is 3.86. The molecule has 0 radical (unpaired) electrons. The van der Waals surface area contributed by atoms with Crippen LogP contribution in [-0.4, -0.2) is 49.6 Å². The van der Waals surface area contributed by atoms with Crippen molar-refractivity contribution < 1.29 is 8.42 Å². The van der Waals surface area contributed by atoms with Gasteiger partial charge in [0.15, 0.2) is 0 Å². The molecule has 0 saturated carbocycles. The number of rotatable bonds is 6. The van der Waals surface area contributed by atoms with Crippen molar-refractivity contribution >= 4 is 21.8 Å². The van der Waals surface area contributed by atoms with Gasteiger partial charge in [0.1, 0.15) is 0 Å². The van der Waals surface area contributed by atoms with E-state index in [2.05, 4.69) is 13.8 Å². The number of hydrogen-bond donors (Lipinski definition) is 0. The van der Waals surface area contributed by atoms with Gasteiger partial charge in [-0.1, -0.05) is 13.8 Å². The van der Waals surface area contributed by atoms with E-state index in [0.717, 1.165) is 19.3 Å². The lowest BCUT2D eigenvalue weighted by molar-refractivity contribution is 0.264. The summed E-state index contributed by atoms with van der Waals surface area (Å²) in [6.45, 7) is 5.98. The van der Waals surface area contributed by atoms with Crippen LogP contribution in [0.4, 0.5) is 0 Å². The molecule has 1 atom stereocenters. The molecule has 18 heavy (non-hydrogen) atoms. The summed E-state index contributed by atoms with van der Waals surface area (Å²) in [6, 6.07) is 0. The average Bonchev–Trinajstić information content (AvgIpc) is 2.35. The van der Waals surface area contributed by atoms with Crippen LogP contribution in [0.3, 0.4) is 0 Å². The van der Waals surface area contributed by atoms with Crippen molar-refractivity contribution in [2.24, 2.45) is 11.8 Å². The maximum absolute atomic E-state index is 12.4. The molecule has 0 bridgehead atoms. The highest BCUT2D eigenvalue weighted by atomic mass is 35.5. The highest BCUT2D eigenvalue weighted by Crippen LogP contribution is 2.21. The van der Waals surface area contributed by atoms with E-state index in [1.54, 1.807) is 11.4 Å². The second-order valence-corrected chi connectivity index (χ2v) is 7.88. The van der Waals surface area contributed by atoms with E-state index in [4.69, 9.17) is 11.6 Å². The first kappa shape index (κ1) is 16.2. The molecule has 0 spiro atoms.